The number of pyridine rings is 1. The maximum atomic E-state index is 13.5. The second-order valence-corrected chi connectivity index (χ2v) is 8.77. The van der Waals surface area contributed by atoms with Crippen molar-refractivity contribution in [3.05, 3.63) is 70.5 Å². The Morgan fingerprint density at radius 1 is 1.13 bits per heavy atom. The van der Waals surface area contributed by atoms with Crippen molar-refractivity contribution >= 4 is 29.0 Å². The highest BCUT2D eigenvalue weighted by molar-refractivity contribution is 7.03. The molecule has 0 fully saturated rings. The van der Waals surface area contributed by atoms with Crippen LogP contribution in [0.1, 0.15) is 54.0 Å². The molecule has 3 aromatic rings. The summed E-state index contributed by atoms with van der Waals surface area (Å²) in [6, 6.07) is 8.30. The Hall–Kier alpha value is -3.13. The zero-order valence-electron chi connectivity index (χ0n) is 17.7. The van der Waals surface area contributed by atoms with E-state index in [4.69, 9.17) is 0 Å². The number of anilines is 1. The van der Waals surface area contributed by atoms with Crippen molar-refractivity contribution in [2.45, 2.75) is 46.2 Å². The van der Waals surface area contributed by atoms with Gasteiger partial charge >= 0.3 is 0 Å². The van der Waals surface area contributed by atoms with Crippen molar-refractivity contribution in [2.24, 2.45) is 0 Å². The molecule has 0 saturated heterocycles. The molecule has 1 unspecified atom stereocenters. The number of benzene rings is 1. The largest absolute Gasteiger partial charge is 0.349 e. The number of hydrogen-bond acceptors (Lipinski definition) is 6. The van der Waals surface area contributed by atoms with E-state index in [1.807, 2.05) is 52.8 Å². The number of carbonyl (C=O) groups is 2. The van der Waals surface area contributed by atoms with Crippen molar-refractivity contribution in [3.8, 4) is 0 Å². The third-order valence-corrected chi connectivity index (χ3v) is 5.08. The molecule has 8 heteroatoms. The summed E-state index contributed by atoms with van der Waals surface area (Å²) < 4.78 is 3.82. The molecule has 7 nitrogen and oxygen atoms in total. The molecule has 0 aliphatic carbocycles. The van der Waals surface area contributed by atoms with Crippen LogP contribution < -0.4 is 10.2 Å². The Kier molecular flexibility index (Phi) is 6.26. The summed E-state index contributed by atoms with van der Waals surface area (Å²) in [6.45, 7) is 9.67. The van der Waals surface area contributed by atoms with Crippen LogP contribution in [0.2, 0.25) is 0 Å². The number of aryl methyl sites for hydroxylation is 2. The molecule has 1 N–H and O–H groups in total. The first-order chi connectivity index (χ1) is 14.2. The Morgan fingerprint density at radius 3 is 2.47 bits per heavy atom. The number of nitrogens with zero attached hydrogens (tertiary/aromatic N) is 4. The Morgan fingerprint density at radius 2 is 1.90 bits per heavy atom. The fraction of sp³-hybridized carbons (Fsp3) is 0.318. The van der Waals surface area contributed by atoms with E-state index in [-0.39, 0.29) is 11.6 Å². The number of hydrogen-bond donors (Lipinski definition) is 1. The molecule has 0 radical (unpaired) electrons. The molecule has 1 atom stereocenters. The first kappa shape index (κ1) is 21.6. The molecule has 0 spiro atoms. The van der Waals surface area contributed by atoms with E-state index in [9.17, 15) is 9.59 Å². The fourth-order valence-electron chi connectivity index (χ4n) is 3.03. The predicted molar refractivity (Wildman–Crippen MR) is 118 cm³/mol. The van der Waals surface area contributed by atoms with Gasteiger partial charge in [-0.2, -0.15) is 0 Å². The lowest BCUT2D eigenvalue weighted by atomic mass is 10.0. The topological polar surface area (TPSA) is 88.1 Å². The molecule has 2 heterocycles. The maximum Gasteiger partial charge on any atom is 0.280 e. The molecule has 2 amide bonds. The summed E-state index contributed by atoms with van der Waals surface area (Å²) >= 11 is 1.09. The van der Waals surface area contributed by atoms with Gasteiger partial charge in [-0.15, -0.1) is 5.10 Å². The van der Waals surface area contributed by atoms with Crippen LogP contribution in [0.3, 0.4) is 0 Å². The third kappa shape index (κ3) is 4.88. The van der Waals surface area contributed by atoms with Gasteiger partial charge in [0.2, 0.25) is 5.91 Å². The Bertz CT molecular complexity index is 1030. The van der Waals surface area contributed by atoms with Crippen molar-refractivity contribution < 1.29 is 9.59 Å². The van der Waals surface area contributed by atoms with Crippen LogP contribution in [-0.2, 0) is 4.79 Å². The lowest BCUT2D eigenvalue weighted by molar-refractivity contribution is -0.123. The molecule has 3 rings (SSSR count). The van der Waals surface area contributed by atoms with Gasteiger partial charge in [-0.3, -0.25) is 19.5 Å². The van der Waals surface area contributed by atoms with Crippen LogP contribution in [-0.4, -0.2) is 31.9 Å². The van der Waals surface area contributed by atoms with E-state index < -0.39 is 17.5 Å². The van der Waals surface area contributed by atoms with Crippen LogP contribution in [0.4, 0.5) is 5.69 Å². The van der Waals surface area contributed by atoms with Gasteiger partial charge in [0, 0.05) is 34.6 Å². The van der Waals surface area contributed by atoms with Crippen LogP contribution in [0.15, 0.2) is 48.1 Å². The normalized spacial score (nSPS) is 12.3. The first-order valence-corrected chi connectivity index (χ1v) is 10.4. The molecule has 0 bridgehead atoms. The Balaban J connectivity index is 2.18. The highest BCUT2D eigenvalue weighted by Crippen LogP contribution is 2.31. The lowest BCUT2D eigenvalue weighted by Crippen LogP contribution is -2.49. The van der Waals surface area contributed by atoms with Gasteiger partial charge in [0.15, 0.2) is 5.69 Å². The van der Waals surface area contributed by atoms with Crippen LogP contribution in [0.25, 0.3) is 0 Å². The summed E-state index contributed by atoms with van der Waals surface area (Å²) in [5.41, 5.74) is 3.04. The molecule has 0 aliphatic heterocycles. The summed E-state index contributed by atoms with van der Waals surface area (Å²) in [4.78, 5) is 32.6. The Labute approximate surface area is 180 Å². The zero-order chi connectivity index (χ0) is 21.9. The molecule has 156 valence electrons. The summed E-state index contributed by atoms with van der Waals surface area (Å²) in [6.07, 6.45) is 3.24. The van der Waals surface area contributed by atoms with Gasteiger partial charge in [0.25, 0.3) is 5.91 Å². The summed E-state index contributed by atoms with van der Waals surface area (Å²) in [5, 5.41) is 8.52. The SMILES string of the molecule is Cc1ccc(N(C(=O)c2csnn2)C(C(=O)NC(C)(C)C)c2cccnc2)cc1C. The van der Waals surface area contributed by atoms with Crippen LogP contribution in [0.5, 0.6) is 0 Å². The number of rotatable bonds is 5. The molecule has 0 saturated carbocycles. The zero-order valence-corrected chi connectivity index (χ0v) is 18.5. The van der Waals surface area contributed by atoms with Gasteiger partial charge < -0.3 is 5.32 Å². The highest BCUT2D eigenvalue weighted by atomic mass is 32.1. The molecule has 30 heavy (non-hydrogen) atoms. The van der Waals surface area contributed by atoms with E-state index in [1.54, 1.807) is 29.9 Å². The van der Waals surface area contributed by atoms with Crippen molar-refractivity contribution in [3.63, 3.8) is 0 Å². The van der Waals surface area contributed by atoms with E-state index in [1.165, 1.54) is 4.90 Å². The van der Waals surface area contributed by atoms with Crippen molar-refractivity contribution in [1.29, 1.82) is 0 Å². The monoisotopic (exact) mass is 423 g/mol. The third-order valence-electron chi connectivity index (χ3n) is 4.57. The fourth-order valence-corrected chi connectivity index (χ4v) is 3.46. The van der Waals surface area contributed by atoms with Crippen LogP contribution >= 0.6 is 11.5 Å². The van der Waals surface area contributed by atoms with E-state index >= 15 is 0 Å². The van der Waals surface area contributed by atoms with E-state index in [0.29, 0.717) is 11.3 Å². The second-order valence-electron chi connectivity index (χ2n) is 8.16. The minimum absolute atomic E-state index is 0.190. The van der Waals surface area contributed by atoms with Crippen molar-refractivity contribution in [2.75, 3.05) is 4.90 Å². The van der Waals surface area contributed by atoms with E-state index in [0.717, 1.165) is 22.7 Å². The highest BCUT2D eigenvalue weighted by Gasteiger charge is 2.36. The maximum absolute atomic E-state index is 13.5. The molecular formula is C22H25N5O2S. The lowest BCUT2D eigenvalue weighted by Gasteiger charge is -2.33. The minimum atomic E-state index is -0.922. The number of carbonyl (C=O) groups excluding carboxylic acids is 2. The number of aromatic nitrogens is 3. The smallest absolute Gasteiger partial charge is 0.280 e. The van der Waals surface area contributed by atoms with Crippen LogP contribution in [0, 0.1) is 13.8 Å². The average Bonchev–Trinajstić information content (AvgIpc) is 3.22. The van der Waals surface area contributed by atoms with Gasteiger partial charge in [-0.1, -0.05) is 16.6 Å². The van der Waals surface area contributed by atoms with E-state index in [2.05, 4.69) is 19.9 Å². The van der Waals surface area contributed by atoms with Gasteiger partial charge in [0.1, 0.15) is 6.04 Å². The first-order valence-electron chi connectivity index (χ1n) is 9.57. The molecular weight excluding hydrogens is 398 g/mol. The van der Waals surface area contributed by atoms with Gasteiger partial charge in [0.05, 0.1) is 0 Å². The number of amides is 2. The quantitative estimate of drug-likeness (QED) is 0.673. The molecule has 1 aromatic carbocycles. The van der Waals surface area contributed by atoms with Gasteiger partial charge in [-0.05, 0) is 75.5 Å². The van der Waals surface area contributed by atoms with Crippen molar-refractivity contribution in [1.82, 2.24) is 19.9 Å². The number of nitrogens with one attached hydrogen (secondary N) is 1. The summed E-state index contributed by atoms with van der Waals surface area (Å²) in [7, 11) is 0. The minimum Gasteiger partial charge on any atom is -0.349 e. The predicted octanol–water partition coefficient (Wildman–Crippen LogP) is 3.85. The average molecular weight is 424 g/mol. The molecule has 2 aromatic heterocycles. The van der Waals surface area contributed by atoms with Gasteiger partial charge in [-0.25, -0.2) is 0 Å². The second kappa shape index (κ2) is 8.71. The standard InChI is InChI=1S/C22H25N5O2S/c1-14-8-9-17(11-15(14)2)27(21(29)18-13-30-26-25-18)19(16-7-6-10-23-12-16)20(28)24-22(3,4)5/h6-13,19H,1-5H3,(H,24,28). The summed E-state index contributed by atoms with van der Waals surface area (Å²) in [5.74, 6) is -0.699. The molecule has 0 aliphatic rings.